The average molecular weight is 438 g/mol. The molecule has 0 bridgehead atoms. The van der Waals surface area contributed by atoms with E-state index in [2.05, 4.69) is 10.4 Å². The summed E-state index contributed by atoms with van der Waals surface area (Å²) in [5, 5.41) is 8.34. The summed E-state index contributed by atoms with van der Waals surface area (Å²) in [7, 11) is 1.85. The summed E-state index contributed by atoms with van der Waals surface area (Å²) in [6, 6.07) is 14.1. The van der Waals surface area contributed by atoms with Gasteiger partial charge in [-0.2, -0.15) is 10.1 Å². The van der Waals surface area contributed by atoms with Gasteiger partial charge in [0.05, 0.1) is 28.7 Å². The summed E-state index contributed by atoms with van der Waals surface area (Å²) in [6.45, 7) is 6.05. The van der Waals surface area contributed by atoms with Gasteiger partial charge in [-0.05, 0) is 50.6 Å². The average Bonchev–Trinajstić information content (AvgIpc) is 3.30. The lowest BCUT2D eigenvalue weighted by atomic mass is 10.1. The maximum atomic E-state index is 13.1. The van der Waals surface area contributed by atoms with Crippen molar-refractivity contribution in [1.82, 2.24) is 20.1 Å². The molecule has 0 aliphatic rings. The van der Waals surface area contributed by atoms with Crippen LogP contribution < -0.4 is 10.2 Å². The summed E-state index contributed by atoms with van der Waals surface area (Å²) in [4.78, 5) is 19.1. The normalized spacial score (nSPS) is 12.2. The third kappa shape index (κ3) is 4.44. The lowest BCUT2D eigenvalue weighted by molar-refractivity contribution is -0.120. The van der Waals surface area contributed by atoms with Crippen molar-refractivity contribution in [2.75, 3.05) is 18.5 Å². The van der Waals surface area contributed by atoms with Crippen LogP contribution in [0, 0.1) is 19.7 Å². The Kier molecular flexibility index (Phi) is 5.73. The largest absolute Gasteiger partial charge is 0.348 e. The van der Waals surface area contributed by atoms with E-state index in [0.717, 1.165) is 32.4 Å². The van der Waals surface area contributed by atoms with Crippen LogP contribution in [0.4, 0.5) is 9.52 Å². The highest BCUT2D eigenvalue weighted by Crippen LogP contribution is 2.32. The van der Waals surface area contributed by atoms with Crippen molar-refractivity contribution in [3.8, 4) is 5.69 Å². The van der Waals surface area contributed by atoms with E-state index in [1.165, 1.54) is 29.0 Å². The third-order valence-electron chi connectivity index (χ3n) is 5.11. The van der Waals surface area contributed by atoms with Crippen LogP contribution in [-0.4, -0.2) is 34.3 Å². The molecule has 1 N–H and O–H groups in total. The number of thiazole rings is 1. The first-order valence-electron chi connectivity index (χ1n) is 10.0. The molecule has 8 heteroatoms. The summed E-state index contributed by atoms with van der Waals surface area (Å²) >= 11 is 1.52. The number of amides is 1. The van der Waals surface area contributed by atoms with Crippen LogP contribution in [0.5, 0.6) is 0 Å². The van der Waals surface area contributed by atoms with Crippen molar-refractivity contribution in [3.05, 3.63) is 71.2 Å². The fourth-order valence-corrected chi connectivity index (χ4v) is 4.30. The van der Waals surface area contributed by atoms with E-state index < -0.39 is 0 Å². The third-order valence-corrected chi connectivity index (χ3v) is 6.38. The number of aromatic nitrogens is 3. The number of benzene rings is 2. The monoisotopic (exact) mass is 437 g/mol. The molecular weight excluding hydrogens is 413 g/mol. The number of rotatable bonds is 6. The molecule has 160 valence electrons. The molecular formula is C23H24FN5OS. The second-order valence-electron chi connectivity index (χ2n) is 7.68. The predicted molar refractivity (Wildman–Crippen MR) is 122 cm³/mol. The van der Waals surface area contributed by atoms with Gasteiger partial charge < -0.3 is 10.2 Å². The molecule has 1 atom stereocenters. The van der Waals surface area contributed by atoms with Gasteiger partial charge in [-0.3, -0.25) is 4.79 Å². The highest BCUT2D eigenvalue weighted by atomic mass is 32.1. The minimum Gasteiger partial charge on any atom is -0.348 e. The Morgan fingerprint density at radius 2 is 1.84 bits per heavy atom. The zero-order chi connectivity index (χ0) is 22.1. The quantitative estimate of drug-likeness (QED) is 0.481. The van der Waals surface area contributed by atoms with Crippen LogP contribution in [-0.2, 0) is 4.79 Å². The van der Waals surface area contributed by atoms with E-state index in [-0.39, 0.29) is 24.3 Å². The highest BCUT2D eigenvalue weighted by molar-refractivity contribution is 7.22. The summed E-state index contributed by atoms with van der Waals surface area (Å²) in [5.41, 5.74) is 4.68. The maximum Gasteiger partial charge on any atom is 0.240 e. The molecule has 0 aliphatic carbocycles. The number of carbonyl (C=O) groups excluding carboxylic acids is 1. The number of nitrogens with zero attached hydrogens (tertiary/aromatic N) is 4. The van der Waals surface area contributed by atoms with Crippen molar-refractivity contribution >= 4 is 32.7 Å². The highest BCUT2D eigenvalue weighted by Gasteiger charge is 2.19. The first-order valence-corrected chi connectivity index (χ1v) is 10.8. The van der Waals surface area contributed by atoms with Crippen LogP contribution >= 0.6 is 11.3 Å². The van der Waals surface area contributed by atoms with Crippen molar-refractivity contribution in [1.29, 1.82) is 0 Å². The van der Waals surface area contributed by atoms with E-state index >= 15 is 0 Å². The number of halogens is 1. The molecule has 31 heavy (non-hydrogen) atoms. The maximum absolute atomic E-state index is 13.1. The van der Waals surface area contributed by atoms with Gasteiger partial charge in [0.15, 0.2) is 10.8 Å². The van der Waals surface area contributed by atoms with Gasteiger partial charge in [0.1, 0.15) is 5.82 Å². The molecule has 1 amide bonds. The SMILES string of the molecule is Cc1ccc(-n2nc(C)c3sc(N(C)CC(=O)N[C@@H](C)c4ccc(F)cc4)nc32)cc1. The minimum absolute atomic E-state index is 0.129. The minimum atomic E-state index is -0.294. The van der Waals surface area contributed by atoms with Crippen LogP contribution in [0.2, 0.25) is 0 Å². The van der Waals surface area contributed by atoms with Gasteiger partial charge in [-0.25, -0.2) is 9.07 Å². The number of hydrogen-bond donors (Lipinski definition) is 1. The zero-order valence-corrected chi connectivity index (χ0v) is 18.7. The Hall–Kier alpha value is -3.26. The van der Waals surface area contributed by atoms with E-state index in [4.69, 9.17) is 4.98 Å². The van der Waals surface area contributed by atoms with Gasteiger partial charge in [0, 0.05) is 7.05 Å². The Labute approximate surface area is 184 Å². The second-order valence-corrected chi connectivity index (χ2v) is 8.66. The zero-order valence-electron chi connectivity index (χ0n) is 17.9. The number of anilines is 1. The second kappa shape index (κ2) is 8.47. The van der Waals surface area contributed by atoms with Crippen LogP contribution in [0.3, 0.4) is 0 Å². The molecule has 0 fully saturated rings. The van der Waals surface area contributed by atoms with Gasteiger partial charge >= 0.3 is 0 Å². The van der Waals surface area contributed by atoms with Gasteiger partial charge in [-0.1, -0.05) is 41.2 Å². The van der Waals surface area contributed by atoms with Crippen LogP contribution in [0.1, 0.15) is 29.8 Å². The lowest BCUT2D eigenvalue weighted by Gasteiger charge is -2.18. The number of nitrogens with one attached hydrogen (secondary N) is 1. The molecule has 2 heterocycles. The molecule has 0 saturated heterocycles. The summed E-state index contributed by atoms with van der Waals surface area (Å²) in [5.74, 6) is -0.423. The van der Waals surface area contributed by atoms with Crippen molar-refractivity contribution < 1.29 is 9.18 Å². The standard InChI is InChI=1S/C23H24FN5OS/c1-14-5-11-19(12-6-14)29-22-21(16(3)27-29)31-23(26-22)28(4)13-20(30)25-15(2)17-7-9-18(24)10-8-17/h5-12,15H,13H2,1-4H3,(H,25,30)/t15-/m0/s1. The van der Waals surface area contributed by atoms with Gasteiger partial charge in [-0.15, -0.1) is 0 Å². The Morgan fingerprint density at radius 1 is 1.16 bits per heavy atom. The van der Waals surface area contributed by atoms with Gasteiger partial charge in [0.2, 0.25) is 5.91 Å². The number of hydrogen-bond acceptors (Lipinski definition) is 5. The lowest BCUT2D eigenvalue weighted by Crippen LogP contribution is -2.36. The van der Waals surface area contributed by atoms with E-state index in [1.807, 2.05) is 61.7 Å². The van der Waals surface area contributed by atoms with Crippen LogP contribution in [0.15, 0.2) is 48.5 Å². The Bertz CT molecular complexity index is 1210. The molecule has 0 aliphatic heterocycles. The topological polar surface area (TPSA) is 63.1 Å². The summed E-state index contributed by atoms with van der Waals surface area (Å²) in [6.07, 6.45) is 0. The molecule has 0 spiro atoms. The predicted octanol–water partition coefficient (Wildman–Crippen LogP) is 4.55. The van der Waals surface area contributed by atoms with Crippen molar-refractivity contribution in [2.45, 2.75) is 26.8 Å². The molecule has 2 aromatic heterocycles. The molecule has 0 unspecified atom stereocenters. The smallest absolute Gasteiger partial charge is 0.240 e. The number of aryl methyl sites for hydroxylation is 2. The van der Waals surface area contributed by atoms with Crippen LogP contribution in [0.25, 0.3) is 16.0 Å². The fraction of sp³-hybridized carbons (Fsp3) is 0.261. The fourth-order valence-electron chi connectivity index (χ4n) is 3.36. The van der Waals surface area contributed by atoms with E-state index in [9.17, 15) is 9.18 Å². The first kappa shape index (κ1) is 21.0. The Balaban J connectivity index is 1.49. The molecule has 4 rings (SSSR count). The molecule has 2 aromatic carbocycles. The molecule has 0 saturated carbocycles. The van der Waals surface area contributed by atoms with Gasteiger partial charge in [0.25, 0.3) is 0 Å². The van der Waals surface area contributed by atoms with E-state index in [0.29, 0.717) is 0 Å². The molecule has 0 radical (unpaired) electrons. The number of carbonyl (C=O) groups is 1. The number of likely N-dealkylation sites (N-methyl/N-ethyl adjacent to an activating group) is 1. The van der Waals surface area contributed by atoms with E-state index in [1.54, 1.807) is 12.1 Å². The molecule has 6 nitrogen and oxygen atoms in total. The van der Waals surface area contributed by atoms with Crippen molar-refractivity contribution in [2.24, 2.45) is 0 Å². The first-order chi connectivity index (χ1) is 14.8. The van der Waals surface area contributed by atoms with Crippen molar-refractivity contribution in [3.63, 3.8) is 0 Å². The summed E-state index contributed by atoms with van der Waals surface area (Å²) < 4.78 is 16.0. The number of fused-ring (bicyclic) bond motifs is 1. The molecule has 4 aromatic rings. The Morgan fingerprint density at radius 3 is 2.52 bits per heavy atom.